The van der Waals surface area contributed by atoms with E-state index in [-0.39, 0.29) is 44.0 Å². The van der Waals surface area contributed by atoms with Crippen LogP contribution in [0.15, 0.2) is 48.5 Å². The lowest BCUT2D eigenvalue weighted by molar-refractivity contribution is -0.154. The molecule has 7 nitrogen and oxygen atoms in total. The molecule has 0 aromatic heterocycles. The Bertz CT molecular complexity index is 1030. The van der Waals surface area contributed by atoms with E-state index in [1.54, 1.807) is 4.90 Å². The van der Waals surface area contributed by atoms with E-state index >= 15 is 0 Å². The van der Waals surface area contributed by atoms with Crippen molar-refractivity contribution in [1.82, 2.24) is 10.2 Å². The fourth-order valence-electron chi connectivity index (χ4n) is 4.96. The molecule has 5 rings (SSSR count). The molecule has 1 unspecified atom stereocenters. The summed E-state index contributed by atoms with van der Waals surface area (Å²) in [5, 5.41) is 11.8. The minimum absolute atomic E-state index is 0.0129. The van der Waals surface area contributed by atoms with E-state index < -0.39 is 18.0 Å². The van der Waals surface area contributed by atoms with Gasteiger partial charge in [-0.25, -0.2) is 4.79 Å². The van der Waals surface area contributed by atoms with Crippen LogP contribution in [0.2, 0.25) is 0 Å². The summed E-state index contributed by atoms with van der Waals surface area (Å²) in [5.41, 5.74) is 4.65. The molecule has 2 N–H and O–H groups in total. The second-order valence-corrected chi connectivity index (χ2v) is 9.36. The van der Waals surface area contributed by atoms with Gasteiger partial charge >= 0.3 is 12.1 Å². The van der Waals surface area contributed by atoms with Crippen molar-refractivity contribution in [3.05, 3.63) is 59.7 Å². The van der Waals surface area contributed by atoms with E-state index in [9.17, 15) is 14.4 Å². The molecule has 7 heteroatoms. The molecule has 1 saturated heterocycles. The van der Waals surface area contributed by atoms with Crippen molar-refractivity contribution >= 4 is 18.0 Å². The van der Waals surface area contributed by atoms with Crippen molar-refractivity contribution in [2.24, 2.45) is 17.8 Å². The van der Waals surface area contributed by atoms with Gasteiger partial charge in [-0.05, 0) is 34.6 Å². The summed E-state index contributed by atoms with van der Waals surface area (Å²) in [6.45, 7) is 0.939. The Balaban J connectivity index is 1.17. The van der Waals surface area contributed by atoms with Crippen LogP contribution in [0.4, 0.5) is 4.79 Å². The molecule has 0 radical (unpaired) electrons. The van der Waals surface area contributed by atoms with Gasteiger partial charge in [-0.1, -0.05) is 61.4 Å². The SMILES string of the molecule is O=C(NCC(CC1CC1)C(=O)N1CC(C(=O)O)C1)OCC1c2ccccc2-c2ccccc21. The highest BCUT2D eigenvalue weighted by Crippen LogP contribution is 2.44. The number of carbonyl (C=O) groups is 3. The summed E-state index contributed by atoms with van der Waals surface area (Å²) in [4.78, 5) is 38.0. The minimum atomic E-state index is -0.866. The van der Waals surface area contributed by atoms with Gasteiger partial charge in [0.2, 0.25) is 5.91 Å². The zero-order chi connectivity index (χ0) is 22.9. The number of rotatable bonds is 8. The number of amides is 2. The summed E-state index contributed by atoms with van der Waals surface area (Å²) < 4.78 is 5.59. The number of hydrogen-bond donors (Lipinski definition) is 2. The van der Waals surface area contributed by atoms with Crippen molar-refractivity contribution in [1.29, 1.82) is 0 Å². The molecule has 33 heavy (non-hydrogen) atoms. The van der Waals surface area contributed by atoms with Gasteiger partial charge in [0.15, 0.2) is 0 Å². The van der Waals surface area contributed by atoms with Crippen LogP contribution in [-0.4, -0.2) is 54.2 Å². The number of aliphatic carboxylic acids is 1. The van der Waals surface area contributed by atoms with E-state index in [1.807, 2.05) is 24.3 Å². The summed E-state index contributed by atoms with van der Waals surface area (Å²) >= 11 is 0. The average Bonchev–Trinajstić information content (AvgIpc) is 3.54. The number of carbonyl (C=O) groups excluding carboxylic acids is 2. The lowest BCUT2D eigenvalue weighted by Gasteiger charge is -2.38. The first-order valence-electron chi connectivity index (χ1n) is 11.6. The molecular weight excluding hydrogens is 420 g/mol. The van der Waals surface area contributed by atoms with Crippen LogP contribution >= 0.6 is 0 Å². The third-order valence-electron chi connectivity index (χ3n) is 7.04. The molecular formula is C26H28N2O5. The van der Waals surface area contributed by atoms with E-state index in [0.29, 0.717) is 5.92 Å². The number of carboxylic acids is 1. The highest BCUT2D eigenvalue weighted by atomic mass is 16.5. The molecule has 1 aliphatic heterocycles. The van der Waals surface area contributed by atoms with Crippen LogP contribution in [-0.2, 0) is 14.3 Å². The molecule has 2 aromatic carbocycles. The number of carboxylic acid groups (broad SMARTS) is 1. The van der Waals surface area contributed by atoms with Gasteiger partial charge in [-0.2, -0.15) is 0 Å². The number of benzene rings is 2. The lowest BCUT2D eigenvalue weighted by Crippen LogP contribution is -2.55. The number of ether oxygens (including phenoxy) is 1. The van der Waals surface area contributed by atoms with Gasteiger partial charge < -0.3 is 20.1 Å². The highest BCUT2D eigenvalue weighted by molar-refractivity contribution is 5.83. The maximum Gasteiger partial charge on any atom is 0.407 e. The first-order chi connectivity index (χ1) is 16.0. The smallest absolute Gasteiger partial charge is 0.407 e. The van der Waals surface area contributed by atoms with E-state index in [2.05, 4.69) is 29.6 Å². The Labute approximate surface area is 192 Å². The maximum atomic E-state index is 12.9. The first kappa shape index (κ1) is 21.5. The summed E-state index contributed by atoms with van der Waals surface area (Å²) in [7, 11) is 0. The summed E-state index contributed by atoms with van der Waals surface area (Å²) in [5.74, 6) is -1.26. The largest absolute Gasteiger partial charge is 0.481 e. The second kappa shape index (κ2) is 8.89. The standard InChI is InChI=1S/C26H28N2O5/c29-24(28-13-18(14-28)25(30)31)17(11-16-9-10-16)12-27-26(32)33-15-23-21-7-3-1-5-19(21)20-6-2-4-8-22(20)23/h1-8,16-18,23H,9-15H2,(H,27,32)(H,30,31). The van der Waals surface area contributed by atoms with Crippen molar-refractivity contribution in [3.63, 3.8) is 0 Å². The molecule has 1 heterocycles. The zero-order valence-electron chi connectivity index (χ0n) is 18.4. The van der Waals surface area contributed by atoms with Crippen molar-refractivity contribution < 1.29 is 24.2 Å². The number of alkyl carbamates (subject to hydrolysis) is 1. The minimum Gasteiger partial charge on any atom is -0.481 e. The van der Waals surface area contributed by atoms with Crippen LogP contribution in [0.1, 0.15) is 36.3 Å². The topological polar surface area (TPSA) is 95.9 Å². The molecule has 2 aliphatic carbocycles. The van der Waals surface area contributed by atoms with Crippen LogP contribution in [0.3, 0.4) is 0 Å². The lowest BCUT2D eigenvalue weighted by atomic mass is 9.94. The Kier molecular flexibility index (Phi) is 5.79. The van der Waals surface area contributed by atoms with Crippen LogP contribution < -0.4 is 5.32 Å². The normalized spacial score (nSPS) is 18.1. The van der Waals surface area contributed by atoms with Gasteiger partial charge in [0.05, 0.1) is 11.8 Å². The number of nitrogens with one attached hydrogen (secondary N) is 1. The number of hydrogen-bond acceptors (Lipinski definition) is 4. The first-order valence-corrected chi connectivity index (χ1v) is 11.6. The van der Waals surface area contributed by atoms with Gasteiger partial charge in [0, 0.05) is 25.6 Å². The van der Waals surface area contributed by atoms with Gasteiger partial charge in [-0.3, -0.25) is 9.59 Å². The molecule has 1 saturated carbocycles. The summed E-state index contributed by atoms with van der Waals surface area (Å²) in [6, 6.07) is 16.3. The van der Waals surface area contributed by atoms with Gasteiger partial charge in [0.1, 0.15) is 6.61 Å². The number of nitrogens with zero attached hydrogens (tertiary/aromatic N) is 1. The third kappa shape index (κ3) is 4.45. The quantitative estimate of drug-likeness (QED) is 0.645. The van der Waals surface area contributed by atoms with E-state index in [1.165, 1.54) is 11.1 Å². The van der Waals surface area contributed by atoms with Gasteiger partial charge in [-0.15, -0.1) is 0 Å². The Morgan fingerprint density at radius 2 is 1.61 bits per heavy atom. The zero-order valence-corrected chi connectivity index (χ0v) is 18.4. The number of likely N-dealkylation sites (tertiary alicyclic amines) is 1. The monoisotopic (exact) mass is 448 g/mol. The summed E-state index contributed by atoms with van der Waals surface area (Å²) in [6.07, 6.45) is 2.40. The van der Waals surface area contributed by atoms with Crippen molar-refractivity contribution in [2.75, 3.05) is 26.2 Å². The molecule has 172 valence electrons. The van der Waals surface area contributed by atoms with Crippen LogP contribution in [0.5, 0.6) is 0 Å². The second-order valence-electron chi connectivity index (χ2n) is 9.36. The van der Waals surface area contributed by atoms with Crippen molar-refractivity contribution in [2.45, 2.75) is 25.2 Å². The van der Waals surface area contributed by atoms with Gasteiger partial charge in [0.25, 0.3) is 0 Å². The molecule has 0 spiro atoms. The predicted molar refractivity (Wildman–Crippen MR) is 122 cm³/mol. The molecule has 1 atom stereocenters. The fourth-order valence-corrected chi connectivity index (χ4v) is 4.96. The number of fused-ring (bicyclic) bond motifs is 3. The van der Waals surface area contributed by atoms with E-state index in [4.69, 9.17) is 9.84 Å². The molecule has 2 aromatic rings. The van der Waals surface area contributed by atoms with Crippen LogP contribution in [0, 0.1) is 17.8 Å². The van der Waals surface area contributed by atoms with Crippen LogP contribution in [0.25, 0.3) is 11.1 Å². The Hall–Kier alpha value is -3.35. The maximum absolute atomic E-state index is 12.9. The third-order valence-corrected chi connectivity index (χ3v) is 7.04. The van der Waals surface area contributed by atoms with E-state index in [0.717, 1.165) is 30.4 Å². The predicted octanol–water partition coefficient (Wildman–Crippen LogP) is 3.48. The molecule has 3 aliphatic rings. The Morgan fingerprint density at radius 1 is 1.00 bits per heavy atom. The molecule has 2 amide bonds. The molecule has 0 bridgehead atoms. The van der Waals surface area contributed by atoms with Crippen molar-refractivity contribution in [3.8, 4) is 11.1 Å². The highest BCUT2D eigenvalue weighted by Gasteiger charge is 2.40. The Morgan fingerprint density at radius 3 is 2.18 bits per heavy atom. The fraction of sp³-hybridized carbons (Fsp3) is 0.423. The molecule has 2 fully saturated rings. The average molecular weight is 449 g/mol.